The Morgan fingerprint density at radius 1 is 1.15 bits per heavy atom. The number of fused-ring (bicyclic) bond motifs is 1. The number of nitrogens with one attached hydrogen (secondary N) is 1. The molecule has 140 valence electrons. The smallest absolute Gasteiger partial charge is 0.131 e. The molecule has 1 N–H and O–H groups in total. The van der Waals surface area contributed by atoms with E-state index in [1.165, 1.54) is 12.1 Å². The minimum atomic E-state index is -0.601. The number of halogens is 2. The Balaban J connectivity index is 1.54. The number of nitrogens with zero attached hydrogens (tertiary/aromatic N) is 4. The summed E-state index contributed by atoms with van der Waals surface area (Å²) in [5.41, 5.74) is 4.26. The highest BCUT2D eigenvalue weighted by Gasteiger charge is 2.21. The molecule has 7 heteroatoms. The first-order valence-corrected chi connectivity index (χ1v) is 9.05. The molecule has 0 radical (unpaired) electrons. The van der Waals surface area contributed by atoms with Crippen LogP contribution in [-0.4, -0.2) is 31.6 Å². The van der Waals surface area contributed by atoms with Gasteiger partial charge in [0.25, 0.3) is 0 Å². The molecule has 0 fully saturated rings. The van der Waals surface area contributed by atoms with E-state index in [0.717, 1.165) is 48.2 Å². The maximum absolute atomic E-state index is 13.6. The number of benzene rings is 1. The molecule has 3 heterocycles. The topological polar surface area (TPSA) is 57.7 Å². The van der Waals surface area contributed by atoms with Gasteiger partial charge in [0.05, 0.1) is 11.9 Å². The van der Waals surface area contributed by atoms with Gasteiger partial charge in [-0.1, -0.05) is 13.8 Å². The Morgan fingerprint density at radius 2 is 1.93 bits per heavy atom. The van der Waals surface area contributed by atoms with E-state index in [4.69, 9.17) is 0 Å². The van der Waals surface area contributed by atoms with Crippen molar-refractivity contribution in [1.82, 2.24) is 25.1 Å². The second-order valence-electron chi connectivity index (χ2n) is 7.24. The van der Waals surface area contributed by atoms with Gasteiger partial charge in [0.2, 0.25) is 0 Å². The van der Waals surface area contributed by atoms with Crippen molar-refractivity contribution in [2.24, 2.45) is 0 Å². The van der Waals surface area contributed by atoms with Crippen LogP contribution in [0.15, 0.2) is 30.6 Å². The third kappa shape index (κ3) is 3.73. The molecule has 1 aromatic carbocycles. The van der Waals surface area contributed by atoms with Gasteiger partial charge in [0, 0.05) is 66.6 Å². The zero-order valence-corrected chi connectivity index (χ0v) is 15.3. The van der Waals surface area contributed by atoms with Gasteiger partial charge in [-0.2, -0.15) is 5.10 Å². The summed E-state index contributed by atoms with van der Waals surface area (Å²) in [7, 11) is 0. The molecule has 0 saturated heterocycles. The van der Waals surface area contributed by atoms with E-state index in [1.54, 1.807) is 6.20 Å². The molecule has 0 aliphatic carbocycles. The van der Waals surface area contributed by atoms with E-state index in [9.17, 15) is 8.78 Å². The van der Waals surface area contributed by atoms with Crippen LogP contribution in [0.2, 0.25) is 0 Å². The highest BCUT2D eigenvalue weighted by molar-refractivity contribution is 5.62. The monoisotopic (exact) mass is 369 g/mol. The highest BCUT2D eigenvalue weighted by Crippen LogP contribution is 2.26. The van der Waals surface area contributed by atoms with Crippen molar-refractivity contribution in [3.05, 3.63) is 64.9 Å². The molecule has 0 amide bonds. The van der Waals surface area contributed by atoms with Crippen molar-refractivity contribution >= 4 is 0 Å². The van der Waals surface area contributed by atoms with Gasteiger partial charge >= 0.3 is 0 Å². The lowest BCUT2D eigenvalue weighted by Gasteiger charge is -2.28. The standard InChI is InChI=1S/C20H21F2N5/c1-12(2)20-23-8-14-10-27(4-3-18(14)25-20)11-15-9-24-26-19(15)13-5-16(21)7-17(22)6-13/h5-9,12H,3-4,10-11H2,1-2H3,(H,24,26). The van der Waals surface area contributed by atoms with E-state index < -0.39 is 11.6 Å². The molecular weight excluding hydrogens is 348 g/mol. The Kier molecular flexibility index (Phi) is 4.70. The predicted octanol–water partition coefficient (Wildman–Crippen LogP) is 3.83. The maximum atomic E-state index is 13.6. The molecule has 2 aromatic heterocycles. The summed E-state index contributed by atoms with van der Waals surface area (Å²) < 4.78 is 27.1. The lowest BCUT2D eigenvalue weighted by atomic mass is 10.0. The minimum Gasteiger partial charge on any atom is -0.294 e. The van der Waals surface area contributed by atoms with Crippen molar-refractivity contribution in [2.45, 2.75) is 39.3 Å². The van der Waals surface area contributed by atoms with Gasteiger partial charge in [0.1, 0.15) is 17.5 Å². The van der Waals surface area contributed by atoms with Gasteiger partial charge in [-0.25, -0.2) is 18.7 Å². The van der Waals surface area contributed by atoms with Crippen molar-refractivity contribution < 1.29 is 8.78 Å². The van der Waals surface area contributed by atoms with Crippen LogP contribution < -0.4 is 0 Å². The molecule has 0 spiro atoms. The largest absolute Gasteiger partial charge is 0.294 e. The Morgan fingerprint density at radius 3 is 2.67 bits per heavy atom. The number of aromatic amines is 1. The van der Waals surface area contributed by atoms with E-state index in [0.29, 0.717) is 23.7 Å². The summed E-state index contributed by atoms with van der Waals surface area (Å²) in [5, 5.41) is 6.95. The van der Waals surface area contributed by atoms with Crippen LogP contribution in [0, 0.1) is 11.6 Å². The molecular formula is C20H21F2N5. The third-order valence-corrected chi connectivity index (χ3v) is 4.81. The van der Waals surface area contributed by atoms with Gasteiger partial charge in [0.15, 0.2) is 0 Å². The maximum Gasteiger partial charge on any atom is 0.131 e. The Labute approximate surface area is 156 Å². The highest BCUT2D eigenvalue weighted by atomic mass is 19.1. The third-order valence-electron chi connectivity index (χ3n) is 4.81. The number of hydrogen-bond donors (Lipinski definition) is 1. The van der Waals surface area contributed by atoms with Gasteiger partial charge in [-0.15, -0.1) is 0 Å². The molecule has 27 heavy (non-hydrogen) atoms. The molecule has 0 unspecified atom stereocenters. The van der Waals surface area contributed by atoms with Crippen molar-refractivity contribution in [1.29, 1.82) is 0 Å². The molecule has 4 rings (SSSR count). The quantitative estimate of drug-likeness (QED) is 0.759. The second-order valence-corrected chi connectivity index (χ2v) is 7.24. The molecule has 0 atom stereocenters. The Hall–Kier alpha value is -2.67. The van der Waals surface area contributed by atoms with Crippen LogP contribution in [0.4, 0.5) is 8.78 Å². The van der Waals surface area contributed by atoms with E-state index in [2.05, 4.69) is 38.9 Å². The van der Waals surface area contributed by atoms with E-state index >= 15 is 0 Å². The summed E-state index contributed by atoms with van der Waals surface area (Å²) in [4.78, 5) is 11.4. The van der Waals surface area contributed by atoms with Crippen molar-refractivity contribution in [3.8, 4) is 11.3 Å². The Bertz CT molecular complexity index is 947. The van der Waals surface area contributed by atoms with Gasteiger partial charge in [-0.3, -0.25) is 10.00 Å². The lowest BCUT2D eigenvalue weighted by molar-refractivity contribution is 0.243. The predicted molar refractivity (Wildman–Crippen MR) is 97.9 cm³/mol. The molecule has 3 aromatic rings. The average molecular weight is 369 g/mol. The summed E-state index contributed by atoms with van der Waals surface area (Å²) in [6.07, 6.45) is 4.49. The summed E-state index contributed by atoms with van der Waals surface area (Å²) in [6, 6.07) is 3.49. The minimum absolute atomic E-state index is 0.313. The number of H-pyrrole nitrogens is 1. The summed E-state index contributed by atoms with van der Waals surface area (Å²) >= 11 is 0. The van der Waals surface area contributed by atoms with Crippen LogP contribution in [0.3, 0.4) is 0 Å². The number of aromatic nitrogens is 4. The molecule has 1 aliphatic rings. The van der Waals surface area contributed by atoms with Crippen LogP contribution in [0.5, 0.6) is 0 Å². The normalized spacial score (nSPS) is 14.6. The lowest BCUT2D eigenvalue weighted by Crippen LogP contribution is -2.31. The second kappa shape index (κ2) is 7.15. The zero-order valence-electron chi connectivity index (χ0n) is 15.3. The van der Waals surface area contributed by atoms with Gasteiger partial charge in [-0.05, 0) is 12.1 Å². The fraction of sp³-hybridized carbons (Fsp3) is 0.350. The van der Waals surface area contributed by atoms with E-state index in [1.807, 2.05) is 6.20 Å². The van der Waals surface area contributed by atoms with Crippen LogP contribution in [-0.2, 0) is 19.5 Å². The van der Waals surface area contributed by atoms with Crippen LogP contribution >= 0.6 is 0 Å². The molecule has 1 aliphatic heterocycles. The van der Waals surface area contributed by atoms with E-state index in [-0.39, 0.29) is 0 Å². The molecule has 0 saturated carbocycles. The van der Waals surface area contributed by atoms with Crippen molar-refractivity contribution in [3.63, 3.8) is 0 Å². The number of rotatable bonds is 4. The first-order valence-electron chi connectivity index (χ1n) is 9.05. The van der Waals surface area contributed by atoms with Gasteiger partial charge < -0.3 is 0 Å². The van der Waals surface area contributed by atoms with Crippen LogP contribution in [0.1, 0.15) is 42.4 Å². The first-order chi connectivity index (χ1) is 13.0. The number of hydrogen-bond acceptors (Lipinski definition) is 4. The summed E-state index contributed by atoms with van der Waals surface area (Å²) in [6.45, 7) is 6.42. The fourth-order valence-corrected chi connectivity index (χ4v) is 3.42. The van der Waals surface area contributed by atoms with Crippen LogP contribution in [0.25, 0.3) is 11.3 Å². The first kappa shape index (κ1) is 17.7. The fourth-order valence-electron chi connectivity index (χ4n) is 3.42. The zero-order chi connectivity index (χ0) is 19.0. The van der Waals surface area contributed by atoms with Crippen molar-refractivity contribution in [2.75, 3.05) is 6.54 Å². The SMILES string of the molecule is CC(C)c1ncc2c(n1)CCN(Cc1cn[nH]c1-c1cc(F)cc(F)c1)C2. The molecule has 5 nitrogen and oxygen atoms in total. The average Bonchev–Trinajstić information content (AvgIpc) is 3.08. The molecule has 0 bridgehead atoms. The summed E-state index contributed by atoms with van der Waals surface area (Å²) in [5.74, 6) is -0.00737.